The maximum Gasteiger partial charge on any atom is 0.335 e. The molecule has 6 aliphatic heterocycles. The van der Waals surface area contributed by atoms with Crippen molar-refractivity contribution >= 4 is 5.97 Å². The third-order valence-corrected chi connectivity index (χ3v) is 13.8. The zero-order valence-electron chi connectivity index (χ0n) is 38.2. The molecular formula is C40H69NO30. The zero-order chi connectivity index (χ0) is 52.5. The summed E-state index contributed by atoms with van der Waals surface area (Å²) in [6.45, 7) is -3.24. The van der Waals surface area contributed by atoms with Crippen molar-refractivity contribution in [1.29, 1.82) is 0 Å². The third kappa shape index (κ3) is 12.0. The Labute approximate surface area is 403 Å². The number of carbonyl (C=O) groups is 1. The highest BCUT2D eigenvalue weighted by atomic mass is 16.8. The molecule has 31 heteroatoms. The van der Waals surface area contributed by atoms with Crippen LogP contribution in [0.2, 0.25) is 0 Å². The molecule has 0 aromatic heterocycles. The quantitative estimate of drug-likeness (QED) is 0.0606. The number of aliphatic hydroxyl groups excluding tert-OH is 17. The van der Waals surface area contributed by atoms with Gasteiger partial charge >= 0.3 is 5.97 Å². The van der Waals surface area contributed by atoms with Crippen molar-refractivity contribution in [2.75, 3.05) is 39.6 Å². The minimum absolute atomic E-state index is 0.703. The SMILES string of the molecule is C[C@H]1C(CO)O[C@@H](O[C@H]2C(CO)O[C@@H](O[C@H]3C(C(O)CO)O[C@@](C)(C(=O)O)C[C@H]3O)C(O[C@@H]3OC(CO)[C@H](O)[C@H](O)C3O)[C@H]2O)C(O[C@@H]2OC(CO)[C@H](O)[C@H](O)C2N)[C@H]1O[C@@H]1OC(CO)[C@H](O)[C@H](O)C1O. The average molecular weight is 1040 g/mol. The van der Waals surface area contributed by atoms with E-state index in [0.29, 0.717) is 0 Å². The first-order valence-corrected chi connectivity index (χ1v) is 22.9. The predicted molar refractivity (Wildman–Crippen MR) is 219 cm³/mol. The van der Waals surface area contributed by atoms with Gasteiger partial charge in [-0.05, 0) is 6.92 Å². The molecule has 0 aliphatic carbocycles. The Bertz CT molecular complexity index is 1670. The molecule has 414 valence electrons. The molecule has 0 spiro atoms. The van der Waals surface area contributed by atoms with E-state index in [2.05, 4.69) is 0 Å². The van der Waals surface area contributed by atoms with Gasteiger partial charge in [0.1, 0.15) is 116 Å². The average Bonchev–Trinajstić information content (AvgIpc) is 3.35. The highest BCUT2D eigenvalue weighted by Crippen LogP contribution is 2.41. The van der Waals surface area contributed by atoms with Crippen molar-refractivity contribution in [3.8, 4) is 0 Å². The summed E-state index contributed by atoms with van der Waals surface area (Å²) in [5, 5.41) is 191. The van der Waals surface area contributed by atoms with Crippen molar-refractivity contribution < 1.29 is 149 Å². The number of aliphatic carboxylic acids is 1. The molecule has 71 heavy (non-hydrogen) atoms. The standard InChI is InChI=1S/C40H69NO30/c1-10-13(5-43)61-38(33(70-34-18(41)22(53)19(50)14(6-44)62-34)28(10)66-35-25(56)23(54)20(51)15(7-45)63-35)68-31-17(9-47)65-37(32(27(31)58)69-36-26(57)24(55)21(52)16(8-46)64-36)67-29-11(48)3-40(2,39(59)60)71-30(29)12(49)4-42/h10-38,42-58H,3-9,41H2,1-2H3,(H,59,60)/t10-,11+,12?,13?,14?,15?,16?,17?,18?,19-,20-,21-,22+,23-,24-,25?,26?,27-,28-,29+,30?,31-,32?,33?,34-,35-,36-,37-,38-,40+/m0/s1. The second-order valence-electron chi connectivity index (χ2n) is 18.6. The lowest BCUT2D eigenvalue weighted by Crippen LogP contribution is -2.69. The van der Waals surface area contributed by atoms with Gasteiger partial charge in [-0.25, -0.2) is 4.79 Å². The van der Waals surface area contributed by atoms with Crippen LogP contribution >= 0.6 is 0 Å². The number of aliphatic hydroxyl groups is 17. The number of rotatable bonds is 18. The molecule has 6 aliphatic rings. The molecular weight excluding hydrogens is 974 g/mol. The van der Waals surface area contributed by atoms with Gasteiger partial charge in [-0.2, -0.15) is 0 Å². The first-order valence-electron chi connectivity index (χ1n) is 22.9. The first kappa shape index (κ1) is 58.6. The van der Waals surface area contributed by atoms with Crippen LogP contribution in [0.1, 0.15) is 20.3 Å². The Morgan fingerprint density at radius 3 is 1.42 bits per heavy atom. The molecule has 20 N–H and O–H groups in total. The van der Waals surface area contributed by atoms with Crippen LogP contribution in [-0.4, -0.2) is 315 Å². The number of nitrogens with two attached hydrogens (primary N) is 1. The van der Waals surface area contributed by atoms with E-state index in [1.807, 2.05) is 0 Å². The highest BCUT2D eigenvalue weighted by Gasteiger charge is 2.59. The maximum absolute atomic E-state index is 12.4. The molecule has 6 saturated heterocycles. The second kappa shape index (κ2) is 24.5. The van der Waals surface area contributed by atoms with Crippen molar-refractivity contribution in [1.82, 2.24) is 0 Å². The van der Waals surface area contributed by atoms with Gasteiger partial charge < -0.3 is 150 Å². The van der Waals surface area contributed by atoms with Crippen LogP contribution in [0.3, 0.4) is 0 Å². The van der Waals surface area contributed by atoms with Gasteiger partial charge in [-0.1, -0.05) is 6.92 Å². The molecule has 0 bridgehead atoms. The van der Waals surface area contributed by atoms with Gasteiger partial charge in [0.05, 0.1) is 64.0 Å². The van der Waals surface area contributed by atoms with Crippen LogP contribution in [0.15, 0.2) is 0 Å². The molecule has 6 fully saturated rings. The number of hydrogen-bond acceptors (Lipinski definition) is 30. The van der Waals surface area contributed by atoms with Crippen molar-refractivity contribution in [2.24, 2.45) is 11.7 Å². The van der Waals surface area contributed by atoms with Gasteiger partial charge in [0.15, 0.2) is 37.1 Å². The Hall–Kier alpha value is -1.69. The molecule has 6 rings (SSSR count). The lowest BCUT2D eigenvalue weighted by molar-refractivity contribution is -0.410. The summed E-state index contributed by atoms with van der Waals surface area (Å²) in [6.07, 6.45) is -51.6. The lowest BCUT2D eigenvalue weighted by atomic mass is 9.87. The van der Waals surface area contributed by atoms with Crippen LogP contribution in [0.4, 0.5) is 0 Å². The van der Waals surface area contributed by atoms with Crippen molar-refractivity contribution in [2.45, 2.75) is 198 Å². The molecule has 0 amide bonds. The van der Waals surface area contributed by atoms with Crippen molar-refractivity contribution in [3.63, 3.8) is 0 Å². The largest absolute Gasteiger partial charge is 0.479 e. The molecule has 0 aromatic rings. The molecule has 0 aromatic carbocycles. The molecule has 0 radical (unpaired) electrons. The Morgan fingerprint density at radius 2 is 0.930 bits per heavy atom. The molecule has 12 unspecified atom stereocenters. The summed E-state index contributed by atoms with van der Waals surface area (Å²) in [4.78, 5) is 12.2. The monoisotopic (exact) mass is 1040 g/mol. The summed E-state index contributed by atoms with van der Waals surface area (Å²) >= 11 is 0. The summed E-state index contributed by atoms with van der Waals surface area (Å²) in [6, 6.07) is -1.63. The van der Waals surface area contributed by atoms with E-state index in [1.165, 1.54) is 6.92 Å². The van der Waals surface area contributed by atoms with E-state index in [9.17, 15) is 96.7 Å². The van der Waals surface area contributed by atoms with Crippen LogP contribution in [-0.2, 0) is 56.9 Å². The van der Waals surface area contributed by atoms with Gasteiger partial charge in [0.25, 0.3) is 0 Å². The Balaban J connectivity index is 1.40. The Kier molecular flexibility index (Phi) is 20.2. The van der Waals surface area contributed by atoms with E-state index < -0.39 is 235 Å². The predicted octanol–water partition coefficient (Wildman–Crippen LogP) is -11.9. The van der Waals surface area contributed by atoms with Crippen LogP contribution in [0.25, 0.3) is 0 Å². The fourth-order valence-corrected chi connectivity index (χ4v) is 9.38. The van der Waals surface area contributed by atoms with Gasteiger partial charge in [0.2, 0.25) is 0 Å². The van der Waals surface area contributed by atoms with Crippen LogP contribution < -0.4 is 5.73 Å². The lowest BCUT2D eigenvalue weighted by Gasteiger charge is -2.52. The first-order chi connectivity index (χ1) is 33.5. The fraction of sp³-hybridized carbons (Fsp3) is 0.975. The summed E-state index contributed by atoms with van der Waals surface area (Å²) < 4.78 is 65.3. The topological polar surface area (TPSA) is 509 Å². The number of ether oxygens (including phenoxy) is 11. The minimum Gasteiger partial charge on any atom is -0.479 e. The normalized spacial score (nSPS) is 51.4. The smallest absolute Gasteiger partial charge is 0.335 e. The van der Waals surface area contributed by atoms with E-state index >= 15 is 0 Å². The minimum atomic E-state index is -2.28. The maximum atomic E-state index is 12.4. The Morgan fingerprint density at radius 1 is 0.521 bits per heavy atom. The van der Waals surface area contributed by atoms with E-state index in [4.69, 9.17) is 57.8 Å². The second-order valence-corrected chi connectivity index (χ2v) is 18.6. The molecule has 30 atom stereocenters. The van der Waals surface area contributed by atoms with E-state index in [1.54, 1.807) is 0 Å². The van der Waals surface area contributed by atoms with E-state index in [0.717, 1.165) is 6.92 Å². The summed E-state index contributed by atoms with van der Waals surface area (Å²) in [5.41, 5.74) is 4.06. The van der Waals surface area contributed by atoms with Gasteiger partial charge in [-0.15, -0.1) is 0 Å². The molecule has 31 nitrogen and oxygen atoms in total. The van der Waals surface area contributed by atoms with Gasteiger partial charge in [0, 0.05) is 12.3 Å². The molecule has 0 saturated carbocycles. The highest BCUT2D eigenvalue weighted by molar-refractivity contribution is 5.77. The zero-order valence-corrected chi connectivity index (χ0v) is 38.2. The number of carboxylic acid groups (broad SMARTS) is 1. The third-order valence-electron chi connectivity index (χ3n) is 13.8. The van der Waals surface area contributed by atoms with E-state index in [-0.39, 0.29) is 0 Å². The number of hydrogen-bond donors (Lipinski definition) is 19. The van der Waals surface area contributed by atoms with Crippen LogP contribution in [0.5, 0.6) is 0 Å². The fourth-order valence-electron chi connectivity index (χ4n) is 9.38. The summed E-state index contributed by atoms with van der Waals surface area (Å²) in [5.74, 6) is -2.67. The van der Waals surface area contributed by atoms with Crippen molar-refractivity contribution in [3.05, 3.63) is 0 Å². The molecule has 6 heterocycles. The van der Waals surface area contributed by atoms with Crippen LogP contribution in [0, 0.1) is 5.92 Å². The summed E-state index contributed by atoms with van der Waals surface area (Å²) in [7, 11) is 0. The van der Waals surface area contributed by atoms with Gasteiger partial charge in [-0.3, -0.25) is 0 Å². The number of carboxylic acids is 1.